The van der Waals surface area contributed by atoms with Crippen LogP contribution in [0.3, 0.4) is 0 Å². The van der Waals surface area contributed by atoms with E-state index in [0.29, 0.717) is 0 Å². The zero-order valence-corrected chi connectivity index (χ0v) is 9.99. The molecule has 0 radical (unpaired) electrons. The Bertz CT molecular complexity index is 439. The second-order valence-electron chi connectivity index (χ2n) is 4.47. The summed E-state index contributed by atoms with van der Waals surface area (Å²) < 4.78 is 0. The number of hydrogen-bond acceptors (Lipinski definition) is 3. The molecule has 4 heteroatoms. The van der Waals surface area contributed by atoms with Crippen molar-refractivity contribution in [3.8, 4) is 0 Å². The Balaban J connectivity index is 2.01. The second kappa shape index (κ2) is 4.67. The van der Waals surface area contributed by atoms with Crippen LogP contribution in [0.2, 0.25) is 0 Å². The third-order valence-corrected chi connectivity index (χ3v) is 3.00. The molecule has 17 heavy (non-hydrogen) atoms. The van der Waals surface area contributed by atoms with E-state index in [-0.39, 0.29) is 24.3 Å². The quantitative estimate of drug-likeness (QED) is 0.766. The Morgan fingerprint density at radius 3 is 2.47 bits per heavy atom. The highest BCUT2D eigenvalue weighted by atomic mass is 16.2. The first-order valence-corrected chi connectivity index (χ1v) is 5.72. The highest BCUT2D eigenvalue weighted by molar-refractivity contribution is 6.05. The van der Waals surface area contributed by atoms with E-state index in [1.165, 1.54) is 5.56 Å². The molecule has 2 N–H and O–H groups in total. The van der Waals surface area contributed by atoms with Crippen LogP contribution < -0.4 is 10.6 Å². The lowest BCUT2D eigenvalue weighted by atomic mass is 10.1. The van der Waals surface area contributed by atoms with Gasteiger partial charge in [0.2, 0.25) is 11.8 Å². The van der Waals surface area contributed by atoms with Crippen molar-refractivity contribution in [1.82, 2.24) is 10.6 Å². The molecule has 2 amide bonds. The van der Waals surface area contributed by atoms with Gasteiger partial charge < -0.3 is 0 Å². The van der Waals surface area contributed by atoms with Gasteiger partial charge in [-0.25, -0.2) is 0 Å². The molecule has 0 bridgehead atoms. The smallest absolute Gasteiger partial charge is 0.244 e. The van der Waals surface area contributed by atoms with Gasteiger partial charge >= 0.3 is 0 Å². The number of benzene rings is 1. The molecule has 2 atom stereocenters. The van der Waals surface area contributed by atoms with E-state index in [4.69, 9.17) is 0 Å². The van der Waals surface area contributed by atoms with Crippen LogP contribution in [0.15, 0.2) is 24.3 Å². The fraction of sp³-hybridized carbons (Fsp3) is 0.385. The van der Waals surface area contributed by atoms with Gasteiger partial charge in [-0.05, 0) is 19.4 Å². The summed E-state index contributed by atoms with van der Waals surface area (Å²) in [6, 6.07) is 7.78. The Labute approximate surface area is 100 Å². The molecule has 0 aromatic heterocycles. The number of rotatable bonds is 3. The topological polar surface area (TPSA) is 58.2 Å². The minimum atomic E-state index is -0.404. The van der Waals surface area contributed by atoms with Gasteiger partial charge in [-0.1, -0.05) is 29.8 Å². The molecule has 1 saturated heterocycles. The Morgan fingerprint density at radius 2 is 1.94 bits per heavy atom. The Morgan fingerprint density at radius 1 is 1.29 bits per heavy atom. The number of amides is 2. The highest BCUT2D eigenvalue weighted by Crippen LogP contribution is 2.15. The molecule has 0 aliphatic carbocycles. The molecule has 2 rings (SSSR count). The number of imide groups is 1. The number of carbonyl (C=O) groups excluding carboxylic acids is 2. The number of hydrogen-bond donors (Lipinski definition) is 2. The summed E-state index contributed by atoms with van der Waals surface area (Å²) in [5, 5.41) is 5.45. The van der Waals surface area contributed by atoms with E-state index in [1.807, 2.05) is 38.1 Å². The number of carbonyl (C=O) groups is 2. The van der Waals surface area contributed by atoms with Crippen molar-refractivity contribution in [2.75, 3.05) is 0 Å². The maximum Gasteiger partial charge on any atom is 0.244 e. The fourth-order valence-electron chi connectivity index (χ4n) is 1.94. The standard InChI is InChI=1S/C13H16N2O2/c1-8-3-5-10(6-4-8)9(2)14-11-7-12(16)15-13(11)17/h3-6,9,11,14H,7H2,1-2H3,(H,15,16,17). The number of nitrogens with one attached hydrogen (secondary N) is 2. The molecule has 0 spiro atoms. The number of aryl methyl sites for hydroxylation is 1. The minimum Gasteiger partial charge on any atom is -0.299 e. The molecule has 1 heterocycles. The fourth-order valence-corrected chi connectivity index (χ4v) is 1.94. The first-order valence-electron chi connectivity index (χ1n) is 5.72. The molecular formula is C13H16N2O2. The van der Waals surface area contributed by atoms with Gasteiger partial charge in [0.25, 0.3) is 0 Å². The first kappa shape index (κ1) is 11.8. The molecule has 1 fully saturated rings. The van der Waals surface area contributed by atoms with Crippen LogP contribution in [0.4, 0.5) is 0 Å². The lowest BCUT2D eigenvalue weighted by molar-refractivity contribution is -0.125. The second-order valence-corrected chi connectivity index (χ2v) is 4.47. The van der Waals surface area contributed by atoms with E-state index in [9.17, 15) is 9.59 Å². The summed E-state index contributed by atoms with van der Waals surface area (Å²) in [7, 11) is 0. The lowest BCUT2D eigenvalue weighted by Crippen LogP contribution is -2.37. The summed E-state index contributed by atoms with van der Waals surface area (Å²) in [6.45, 7) is 4.02. The SMILES string of the molecule is Cc1ccc(C(C)NC2CC(=O)NC2=O)cc1. The van der Waals surface area contributed by atoms with Gasteiger partial charge in [0, 0.05) is 6.04 Å². The third-order valence-electron chi connectivity index (χ3n) is 3.00. The summed E-state index contributed by atoms with van der Waals surface area (Å²) in [5.41, 5.74) is 2.32. The van der Waals surface area contributed by atoms with Crippen molar-refractivity contribution < 1.29 is 9.59 Å². The van der Waals surface area contributed by atoms with E-state index in [0.717, 1.165) is 5.56 Å². The van der Waals surface area contributed by atoms with Crippen molar-refractivity contribution in [3.63, 3.8) is 0 Å². The van der Waals surface area contributed by atoms with Crippen LogP contribution in [-0.2, 0) is 9.59 Å². The predicted octanol–water partition coefficient (Wildman–Crippen LogP) is 1.06. The molecule has 1 aromatic rings. The van der Waals surface area contributed by atoms with Gasteiger partial charge in [-0.15, -0.1) is 0 Å². The largest absolute Gasteiger partial charge is 0.299 e. The summed E-state index contributed by atoms with van der Waals surface area (Å²) >= 11 is 0. The van der Waals surface area contributed by atoms with Crippen molar-refractivity contribution in [2.24, 2.45) is 0 Å². The normalized spacial score (nSPS) is 21.4. The van der Waals surface area contributed by atoms with E-state index in [1.54, 1.807) is 0 Å². The molecule has 1 aromatic carbocycles. The molecule has 2 unspecified atom stereocenters. The van der Waals surface area contributed by atoms with Crippen LogP contribution in [0.5, 0.6) is 0 Å². The van der Waals surface area contributed by atoms with Crippen LogP contribution in [0.25, 0.3) is 0 Å². The predicted molar refractivity (Wildman–Crippen MR) is 64.3 cm³/mol. The zero-order chi connectivity index (χ0) is 12.4. The lowest BCUT2D eigenvalue weighted by Gasteiger charge is -2.17. The van der Waals surface area contributed by atoms with Crippen LogP contribution >= 0.6 is 0 Å². The van der Waals surface area contributed by atoms with Gasteiger partial charge in [0.1, 0.15) is 0 Å². The molecule has 1 aliphatic heterocycles. The molecule has 90 valence electrons. The van der Waals surface area contributed by atoms with Crippen molar-refractivity contribution in [1.29, 1.82) is 0 Å². The molecular weight excluding hydrogens is 216 g/mol. The monoisotopic (exact) mass is 232 g/mol. The van der Waals surface area contributed by atoms with Crippen LogP contribution in [0, 0.1) is 6.92 Å². The molecule has 0 saturated carbocycles. The van der Waals surface area contributed by atoms with Crippen molar-refractivity contribution in [3.05, 3.63) is 35.4 Å². The van der Waals surface area contributed by atoms with Gasteiger partial charge in [0.15, 0.2) is 0 Å². The Kier molecular flexibility index (Phi) is 3.24. The van der Waals surface area contributed by atoms with Gasteiger partial charge in [-0.3, -0.25) is 20.2 Å². The average Bonchev–Trinajstić information content (AvgIpc) is 2.58. The van der Waals surface area contributed by atoms with E-state index < -0.39 is 6.04 Å². The van der Waals surface area contributed by atoms with Gasteiger partial charge in [0.05, 0.1) is 12.5 Å². The van der Waals surface area contributed by atoms with Gasteiger partial charge in [-0.2, -0.15) is 0 Å². The van der Waals surface area contributed by atoms with Crippen LogP contribution in [0.1, 0.15) is 30.5 Å². The highest BCUT2D eigenvalue weighted by Gasteiger charge is 2.31. The van der Waals surface area contributed by atoms with Crippen LogP contribution in [-0.4, -0.2) is 17.9 Å². The van der Waals surface area contributed by atoms with E-state index >= 15 is 0 Å². The zero-order valence-electron chi connectivity index (χ0n) is 9.99. The molecule has 4 nitrogen and oxygen atoms in total. The van der Waals surface area contributed by atoms with Crippen molar-refractivity contribution in [2.45, 2.75) is 32.4 Å². The minimum absolute atomic E-state index is 0.0530. The maximum absolute atomic E-state index is 11.4. The summed E-state index contributed by atoms with van der Waals surface area (Å²) in [4.78, 5) is 22.5. The summed E-state index contributed by atoms with van der Waals surface area (Å²) in [6.07, 6.45) is 0.231. The first-order chi connectivity index (χ1) is 8.06. The third kappa shape index (κ3) is 2.71. The average molecular weight is 232 g/mol. The summed E-state index contributed by atoms with van der Waals surface area (Å²) in [5.74, 6) is -0.433. The maximum atomic E-state index is 11.4. The van der Waals surface area contributed by atoms with E-state index in [2.05, 4.69) is 10.6 Å². The molecule has 1 aliphatic rings. The van der Waals surface area contributed by atoms with Crippen molar-refractivity contribution >= 4 is 11.8 Å². The Hall–Kier alpha value is -1.68.